The van der Waals surface area contributed by atoms with Crippen molar-refractivity contribution in [2.45, 2.75) is 6.54 Å². The van der Waals surface area contributed by atoms with Crippen LogP contribution < -0.4 is 10.9 Å². The van der Waals surface area contributed by atoms with Crippen molar-refractivity contribution < 1.29 is 9.21 Å². The molecular formula is C18H11Cl2N3O3. The maximum Gasteiger partial charge on any atom is 0.287 e. The lowest BCUT2D eigenvalue weighted by Crippen LogP contribution is -2.29. The molecule has 0 spiro atoms. The van der Waals surface area contributed by atoms with Crippen molar-refractivity contribution in [1.82, 2.24) is 9.78 Å². The highest BCUT2D eigenvalue weighted by atomic mass is 35.5. The molecule has 0 saturated carbocycles. The Morgan fingerprint density at radius 1 is 1.12 bits per heavy atom. The number of hydrogen-bond donors (Lipinski definition) is 1. The van der Waals surface area contributed by atoms with Gasteiger partial charge in [0, 0.05) is 16.5 Å². The van der Waals surface area contributed by atoms with Crippen LogP contribution in [0.5, 0.6) is 0 Å². The molecule has 4 aromatic rings. The van der Waals surface area contributed by atoms with Gasteiger partial charge in [-0.3, -0.25) is 9.59 Å². The molecule has 0 fully saturated rings. The van der Waals surface area contributed by atoms with Gasteiger partial charge in [0.2, 0.25) is 5.91 Å². The van der Waals surface area contributed by atoms with Crippen LogP contribution in [0.25, 0.3) is 21.9 Å². The zero-order chi connectivity index (χ0) is 18.3. The number of anilines is 1. The zero-order valence-electron chi connectivity index (χ0n) is 13.2. The number of nitrogens with zero attached hydrogens (tertiary/aromatic N) is 2. The molecule has 2 aromatic carbocycles. The molecule has 2 aromatic heterocycles. The molecule has 2 heterocycles. The van der Waals surface area contributed by atoms with E-state index in [4.69, 9.17) is 27.6 Å². The number of amides is 1. The topological polar surface area (TPSA) is 77.1 Å². The number of nitrogens with one attached hydrogen (secondary N) is 1. The van der Waals surface area contributed by atoms with Crippen LogP contribution >= 0.6 is 23.2 Å². The van der Waals surface area contributed by atoms with E-state index >= 15 is 0 Å². The van der Waals surface area contributed by atoms with Crippen LogP contribution in [0.3, 0.4) is 0 Å². The molecular weight excluding hydrogens is 377 g/mol. The lowest BCUT2D eigenvalue weighted by Gasteiger charge is -2.07. The lowest BCUT2D eigenvalue weighted by molar-refractivity contribution is -0.117. The number of benzene rings is 2. The Balaban J connectivity index is 1.61. The van der Waals surface area contributed by atoms with Gasteiger partial charge in [0.05, 0.1) is 11.2 Å². The third-order valence-electron chi connectivity index (χ3n) is 3.90. The van der Waals surface area contributed by atoms with Crippen molar-refractivity contribution >= 4 is 56.7 Å². The lowest BCUT2D eigenvalue weighted by atomic mass is 10.1. The molecule has 0 aliphatic rings. The van der Waals surface area contributed by atoms with Gasteiger partial charge < -0.3 is 9.73 Å². The van der Waals surface area contributed by atoms with E-state index in [1.807, 2.05) is 30.3 Å². The number of carbonyl (C=O) groups is 1. The van der Waals surface area contributed by atoms with E-state index in [-0.39, 0.29) is 16.6 Å². The van der Waals surface area contributed by atoms with Crippen LogP contribution in [-0.2, 0) is 11.3 Å². The fourth-order valence-corrected chi connectivity index (χ4v) is 2.97. The van der Waals surface area contributed by atoms with E-state index in [1.165, 1.54) is 6.20 Å². The summed E-state index contributed by atoms with van der Waals surface area (Å²) in [6, 6.07) is 13.0. The SMILES string of the molecule is O=C(Cn1ncc(Cl)c(Cl)c1=O)Nc1ccc2oc3ccccc3c2c1. The highest BCUT2D eigenvalue weighted by Gasteiger charge is 2.12. The quantitative estimate of drug-likeness (QED) is 0.574. The van der Waals surface area contributed by atoms with E-state index in [2.05, 4.69) is 10.4 Å². The number of furan rings is 1. The van der Waals surface area contributed by atoms with Gasteiger partial charge in [0.25, 0.3) is 5.56 Å². The smallest absolute Gasteiger partial charge is 0.287 e. The normalized spacial score (nSPS) is 11.2. The number of halogens is 2. The molecule has 8 heteroatoms. The van der Waals surface area contributed by atoms with Crippen LogP contribution in [0.4, 0.5) is 5.69 Å². The molecule has 1 N–H and O–H groups in total. The number of carbonyl (C=O) groups excluding carboxylic acids is 1. The first-order valence-corrected chi connectivity index (χ1v) is 8.41. The number of aromatic nitrogens is 2. The molecule has 0 radical (unpaired) electrons. The molecule has 0 bridgehead atoms. The van der Waals surface area contributed by atoms with Crippen LogP contribution in [0, 0.1) is 0 Å². The predicted molar refractivity (Wildman–Crippen MR) is 101 cm³/mol. The molecule has 0 unspecified atom stereocenters. The molecule has 6 nitrogen and oxygen atoms in total. The summed E-state index contributed by atoms with van der Waals surface area (Å²) in [4.78, 5) is 24.2. The predicted octanol–water partition coefficient (Wildman–Crippen LogP) is 4.09. The number of rotatable bonds is 3. The van der Waals surface area contributed by atoms with Gasteiger partial charge in [-0.05, 0) is 24.3 Å². The summed E-state index contributed by atoms with van der Waals surface area (Å²) in [7, 11) is 0. The first kappa shape index (κ1) is 16.6. The first-order valence-electron chi connectivity index (χ1n) is 7.65. The Bertz CT molecular complexity index is 1210. The third-order valence-corrected chi connectivity index (χ3v) is 4.64. The van der Waals surface area contributed by atoms with Gasteiger partial charge in [-0.15, -0.1) is 0 Å². The van der Waals surface area contributed by atoms with Gasteiger partial charge in [0.15, 0.2) is 0 Å². The monoisotopic (exact) mass is 387 g/mol. The Kier molecular flexibility index (Phi) is 4.14. The summed E-state index contributed by atoms with van der Waals surface area (Å²) in [5.41, 5.74) is 1.47. The van der Waals surface area contributed by atoms with Gasteiger partial charge in [-0.2, -0.15) is 5.10 Å². The Morgan fingerprint density at radius 3 is 2.73 bits per heavy atom. The van der Waals surface area contributed by atoms with Crippen molar-refractivity contribution in [2.24, 2.45) is 0 Å². The number of para-hydroxylation sites is 1. The van der Waals surface area contributed by atoms with Crippen molar-refractivity contribution in [2.75, 3.05) is 5.32 Å². The Labute approximate surface area is 156 Å². The summed E-state index contributed by atoms with van der Waals surface area (Å²) >= 11 is 11.5. The van der Waals surface area contributed by atoms with E-state index in [0.717, 1.165) is 26.6 Å². The van der Waals surface area contributed by atoms with Crippen LogP contribution in [-0.4, -0.2) is 15.7 Å². The van der Waals surface area contributed by atoms with Crippen LogP contribution in [0.2, 0.25) is 10.0 Å². The summed E-state index contributed by atoms with van der Waals surface area (Å²) in [6.45, 7) is -0.278. The fourth-order valence-electron chi connectivity index (χ4n) is 2.70. The minimum absolute atomic E-state index is 0.0469. The zero-order valence-corrected chi connectivity index (χ0v) is 14.7. The van der Waals surface area contributed by atoms with Gasteiger partial charge in [-0.1, -0.05) is 41.4 Å². The molecule has 130 valence electrons. The summed E-state index contributed by atoms with van der Waals surface area (Å²) in [6.07, 6.45) is 1.22. The minimum Gasteiger partial charge on any atom is -0.456 e. The third kappa shape index (κ3) is 2.94. The maximum absolute atomic E-state index is 12.3. The molecule has 0 atom stereocenters. The first-order chi connectivity index (χ1) is 12.5. The second-order valence-corrected chi connectivity index (χ2v) is 6.41. The second kappa shape index (κ2) is 6.48. The molecule has 4 rings (SSSR count). The average Bonchev–Trinajstić information content (AvgIpc) is 3.00. The van der Waals surface area contributed by atoms with Crippen molar-refractivity contribution in [3.8, 4) is 0 Å². The molecule has 26 heavy (non-hydrogen) atoms. The van der Waals surface area contributed by atoms with Crippen molar-refractivity contribution in [3.63, 3.8) is 0 Å². The highest BCUT2D eigenvalue weighted by molar-refractivity contribution is 6.41. The molecule has 0 saturated heterocycles. The highest BCUT2D eigenvalue weighted by Crippen LogP contribution is 2.30. The fraction of sp³-hybridized carbons (Fsp3) is 0.0556. The van der Waals surface area contributed by atoms with Crippen molar-refractivity contribution in [1.29, 1.82) is 0 Å². The second-order valence-electron chi connectivity index (χ2n) is 5.63. The molecule has 1 amide bonds. The standard InChI is InChI=1S/C18H11Cl2N3O3/c19-13-8-21-23(18(25)17(13)20)9-16(24)22-10-5-6-15-12(7-10)11-3-1-2-4-14(11)26-15/h1-8H,9H2,(H,22,24). The summed E-state index contributed by atoms with van der Waals surface area (Å²) in [5, 5.41) is 8.29. The van der Waals surface area contributed by atoms with Gasteiger partial charge in [-0.25, -0.2) is 4.68 Å². The minimum atomic E-state index is -0.620. The van der Waals surface area contributed by atoms with Gasteiger partial charge >= 0.3 is 0 Å². The van der Waals surface area contributed by atoms with E-state index in [0.29, 0.717) is 5.69 Å². The van der Waals surface area contributed by atoms with E-state index < -0.39 is 11.5 Å². The van der Waals surface area contributed by atoms with Gasteiger partial charge in [0.1, 0.15) is 22.7 Å². The number of fused-ring (bicyclic) bond motifs is 3. The molecule has 0 aliphatic carbocycles. The van der Waals surface area contributed by atoms with Crippen molar-refractivity contribution in [3.05, 3.63) is 69.1 Å². The maximum atomic E-state index is 12.3. The summed E-state index contributed by atoms with van der Waals surface area (Å²) < 4.78 is 6.71. The molecule has 0 aliphatic heterocycles. The largest absolute Gasteiger partial charge is 0.456 e. The van der Waals surface area contributed by atoms with E-state index in [9.17, 15) is 9.59 Å². The summed E-state index contributed by atoms with van der Waals surface area (Å²) in [5.74, 6) is -0.412. The van der Waals surface area contributed by atoms with Crippen LogP contribution in [0.1, 0.15) is 0 Å². The number of hydrogen-bond acceptors (Lipinski definition) is 4. The average molecular weight is 388 g/mol. The Hall–Kier alpha value is -2.83. The van der Waals surface area contributed by atoms with E-state index in [1.54, 1.807) is 12.1 Å². The Morgan fingerprint density at radius 2 is 1.88 bits per heavy atom. The van der Waals surface area contributed by atoms with Crippen LogP contribution in [0.15, 0.2) is 57.9 Å².